The molecule has 0 unspecified atom stereocenters. The molecule has 0 saturated carbocycles. The molecule has 1 amide bonds. The molecule has 0 saturated heterocycles. The van der Waals surface area contributed by atoms with E-state index in [9.17, 15) is 4.79 Å². The summed E-state index contributed by atoms with van der Waals surface area (Å²) in [5, 5.41) is 0. The molecule has 180 valence electrons. The molecule has 2 bridgehead atoms. The molecule has 36 heavy (non-hydrogen) atoms. The summed E-state index contributed by atoms with van der Waals surface area (Å²) in [7, 11) is 0. The predicted molar refractivity (Wildman–Crippen MR) is 147 cm³/mol. The third-order valence-electron chi connectivity index (χ3n) is 8.22. The summed E-state index contributed by atoms with van der Waals surface area (Å²) in [6.07, 6.45) is 1.87. The topological polar surface area (TPSA) is 23.6 Å². The highest BCUT2D eigenvalue weighted by molar-refractivity contribution is 5.74. The zero-order valence-corrected chi connectivity index (χ0v) is 21.0. The lowest BCUT2D eigenvalue weighted by Gasteiger charge is -2.54. The van der Waals surface area contributed by atoms with E-state index in [4.69, 9.17) is 0 Å². The minimum Gasteiger partial charge on any atom is -0.372 e. The molecule has 4 aromatic carbocycles. The van der Waals surface area contributed by atoms with Crippen LogP contribution in [0.3, 0.4) is 0 Å². The molecule has 3 aliphatic rings. The second-order valence-electron chi connectivity index (χ2n) is 9.80. The quantitative estimate of drug-likeness (QED) is 0.280. The van der Waals surface area contributed by atoms with Crippen molar-refractivity contribution in [2.75, 3.05) is 24.5 Å². The first-order valence-corrected chi connectivity index (χ1v) is 13.1. The first-order valence-electron chi connectivity index (χ1n) is 13.1. The van der Waals surface area contributed by atoms with Crippen molar-refractivity contribution >= 4 is 12.1 Å². The molecule has 0 atom stereocenters. The number of carbonyl (C=O) groups excluding carboxylic acids is 1. The minimum absolute atomic E-state index is 0.203. The van der Waals surface area contributed by atoms with Crippen LogP contribution in [0.1, 0.15) is 58.7 Å². The van der Waals surface area contributed by atoms with E-state index in [2.05, 4.69) is 121 Å². The monoisotopic (exact) mass is 472 g/mol. The Morgan fingerprint density at radius 2 is 1.25 bits per heavy atom. The number of amides is 1. The van der Waals surface area contributed by atoms with Crippen LogP contribution < -0.4 is 4.90 Å². The van der Waals surface area contributed by atoms with Gasteiger partial charge in [-0.1, -0.05) is 84.9 Å². The van der Waals surface area contributed by atoms with Crippen molar-refractivity contribution in [2.45, 2.75) is 31.7 Å². The summed E-state index contributed by atoms with van der Waals surface area (Å²) in [6, 6.07) is 34.9. The van der Waals surface area contributed by atoms with Crippen molar-refractivity contribution in [3.05, 3.63) is 136 Å². The van der Waals surface area contributed by atoms with E-state index in [-0.39, 0.29) is 5.92 Å². The molecule has 7 rings (SSSR count). The molecule has 0 aromatic heterocycles. The lowest BCUT2D eigenvalue weighted by molar-refractivity contribution is -0.122. The molecule has 0 radical (unpaired) electrons. The maximum atomic E-state index is 13.0. The lowest BCUT2D eigenvalue weighted by Crippen LogP contribution is -2.54. The molecule has 0 N–H and O–H groups in total. The van der Waals surface area contributed by atoms with Crippen molar-refractivity contribution < 1.29 is 4.79 Å². The molecular formula is C33H32N2O. The van der Waals surface area contributed by atoms with Gasteiger partial charge in [-0.3, -0.25) is 4.79 Å². The van der Waals surface area contributed by atoms with E-state index in [1.165, 1.54) is 44.6 Å². The van der Waals surface area contributed by atoms with Gasteiger partial charge in [0.05, 0.1) is 0 Å². The largest absolute Gasteiger partial charge is 0.372 e. The Labute approximate surface area is 214 Å². The standard InChI is InChI=1S/C33H32N2O/c1-3-34(4-2)25-13-11-12-24(22-25)20-21-35(23-36)33-29-17-8-5-14-26(29)32(27-15-6-9-18-30(27)33)28-16-7-10-19-31(28)33/h5-19,22-23,32H,3-4,20-21H2,1-2H3. The van der Waals surface area contributed by atoms with E-state index in [0.29, 0.717) is 6.54 Å². The summed E-state index contributed by atoms with van der Waals surface area (Å²) in [4.78, 5) is 17.4. The highest BCUT2D eigenvalue weighted by Gasteiger charge is 2.54. The lowest BCUT2D eigenvalue weighted by atomic mass is 9.56. The number of anilines is 1. The van der Waals surface area contributed by atoms with Crippen LogP contribution in [-0.2, 0) is 16.8 Å². The average molecular weight is 473 g/mol. The van der Waals surface area contributed by atoms with E-state index in [0.717, 1.165) is 25.9 Å². The van der Waals surface area contributed by atoms with Crippen molar-refractivity contribution in [1.82, 2.24) is 4.90 Å². The molecular weight excluding hydrogens is 440 g/mol. The second-order valence-corrected chi connectivity index (χ2v) is 9.80. The maximum Gasteiger partial charge on any atom is 0.210 e. The van der Waals surface area contributed by atoms with E-state index in [1.807, 2.05) is 0 Å². The van der Waals surface area contributed by atoms with Crippen LogP contribution in [0.2, 0.25) is 0 Å². The van der Waals surface area contributed by atoms with Gasteiger partial charge in [0.15, 0.2) is 0 Å². The van der Waals surface area contributed by atoms with Gasteiger partial charge >= 0.3 is 0 Å². The fourth-order valence-corrected chi connectivity index (χ4v) is 6.68. The van der Waals surface area contributed by atoms with Crippen LogP contribution in [0, 0.1) is 0 Å². The number of hydrogen-bond acceptors (Lipinski definition) is 2. The highest BCUT2D eigenvalue weighted by Crippen LogP contribution is 2.59. The number of nitrogens with zero attached hydrogens (tertiary/aromatic N) is 2. The smallest absolute Gasteiger partial charge is 0.210 e. The number of benzene rings is 4. The summed E-state index contributed by atoms with van der Waals surface area (Å²) < 4.78 is 0. The predicted octanol–water partition coefficient (Wildman–Crippen LogP) is 6.33. The molecule has 3 nitrogen and oxygen atoms in total. The summed E-state index contributed by atoms with van der Waals surface area (Å²) in [5.41, 5.74) is 9.50. The van der Waals surface area contributed by atoms with Crippen LogP contribution in [0.25, 0.3) is 0 Å². The van der Waals surface area contributed by atoms with Gasteiger partial charge in [-0.25, -0.2) is 0 Å². The third-order valence-corrected chi connectivity index (χ3v) is 8.22. The van der Waals surface area contributed by atoms with Crippen molar-refractivity contribution in [2.24, 2.45) is 0 Å². The zero-order valence-electron chi connectivity index (χ0n) is 21.0. The minimum atomic E-state index is -0.628. The molecule has 0 heterocycles. The summed E-state index contributed by atoms with van der Waals surface area (Å²) >= 11 is 0. The molecule has 0 spiro atoms. The Bertz CT molecular complexity index is 1300. The number of carbonyl (C=O) groups is 1. The van der Waals surface area contributed by atoms with Gasteiger partial charge in [-0.05, 0) is 71.3 Å². The zero-order chi connectivity index (χ0) is 24.7. The maximum absolute atomic E-state index is 13.0. The van der Waals surface area contributed by atoms with Crippen LogP contribution >= 0.6 is 0 Å². The van der Waals surface area contributed by atoms with E-state index in [1.54, 1.807) is 0 Å². The Hall–Kier alpha value is -3.85. The molecule has 3 heteroatoms. The second kappa shape index (κ2) is 8.98. The Morgan fingerprint density at radius 1 is 0.722 bits per heavy atom. The summed E-state index contributed by atoms with van der Waals surface area (Å²) in [6.45, 7) is 6.97. The van der Waals surface area contributed by atoms with Gasteiger partial charge in [0.1, 0.15) is 5.54 Å². The summed E-state index contributed by atoms with van der Waals surface area (Å²) in [5.74, 6) is 0.203. The number of rotatable bonds is 8. The highest BCUT2D eigenvalue weighted by atomic mass is 16.1. The van der Waals surface area contributed by atoms with Crippen LogP contribution in [0.5, 0.6) is 0 Å². The van der Waals surface area contributed by atoms with Gasteiger partial charge in [0, 0.05) is 31.2 Å². The molecule has 4 aromatic rings. The van der Waals surface area contributed by atoms with E-state index < -0.39 is 5.54 Å². The Kier molecular flexibility index (Phi) is 5.64. The molecule has 0 aliphatic heterocycles. The normalized spacial score (nSPS) is 18.7. The molecule has 3 aliphatic carbocycles. The number of hydrogen-bond donors (Lipinski definition) is 0. The fraction of sp³-hybridized carbons (Fsp3) is 0.242. The fourth-order valence-electron chi connectivity index (χ4n) is 6.68. The Morgan fingerprint density at radius 3 is 1.75 bits per heavy atom. The van der Waals surface area contributed by atoms with E-state index >= 15 is 0 Å². The Balaban J connectivity index is 1.48. The van der Waals surface area contributed by atoms with Crippen LogP contribution in [0.15, 0.2) is 97.1 Å². The third kappa shape index (κ3) is 3.15. The van der Waals surface area contributed by atoms with Crippen LogP contribution in [-0.4, -0.2) is 30.9 Å². The first-order chi connectivity index (χ1) is 17.7. The average Bonchev–Trinajstić information content (AvgIpc) is 2.94. The SMILES string of the molecule is CCN(CC)c1cccc(CCN(C=O)C23c4ccccc4C(c4ccccc42)c2ccccc23)c1. The van der Waals surface area contributed by atoms with Crippen molar-refractivity contribution in [1.29, 1.82) is 0 Å². The van der Waals surface area contributed by atoms with Gasteiger partial charge in [0.25, 0.3) is 0 Å². The van der Waals surface area contributed by atoms with Crippen molar-refractivity contribution in [3.8, 4) is 0 Å². The van der Waals surface area contributed by atoms with Crippen LogP contribution in [0.4, 0.5) is 5.69 Å². The van der Waals surface area contributed by atoms with Gasteiger partial charge in [-0.15, -0.1) is 0 Å². The van der Waals surface area contributed by atoms with Gasteiger partial charge < -0.3 is 9.80 Å². The molecule has 0 fully saturated rings. The van der Waals surface area contributed by atoms with Crippen molar-refractivity contribution in [3.63, 3.8) is 0 Å². The van der Waals surface area contributed by atoms with Gasteiger partial charge in [-0.2, -0.15) is 0 Å². The van der Waals surface area contributed by atoms with Gasteiger partial charge in [0.2, 0.25) is 6.41 Å². The first kappa shape index (κ1) is 22.6.